The number of rotatable bonds is 7. The summed E-state index contributed by atoms with van der Waals surface area (Å²) in [5, 5.41) is 3.08. The van der Waals surface area contributed by atoms with Crippen LogP contribution < -0.4 is 10.1 Å². The summed E-state index contributed by atoms with van der Waals surface area (Å²) >= 11 is 0. The van der Waals surface area contributed by atoms with E-state index in [0.717, 1.165) is 24.3 Å². The Balaban J connectivity index is 2.68. The van der Waals surface area contributed by atoms with Gasteiger partial charge >= 0.3 is 0 Å². The molecule has 1 aromatic rings. The molecule has 2 atom stereocenters. The molecule has 0 radical (unpaired) electrons. The molecular formula is C16H26N2O2. The number of ether oxygens (including phenoxy) is 1. The maximum absolute atomic E-state index is 12.3. The molecule has 1 amide bonds. The Morgan fingerprint density at radius 1 is 1.40 bits per heavy atom. The van der Waals surface area contributed by atoms with Crippen molar-refractivity contribution in [3.63, 3.8) is 0 Å². The van der Waals surface area contributed by atoms with E-state index in [4.69, 9.17) is 4.74 Å². The van der Waals surface area contributed by atoms with Crippen LogP contribution >= 0.6 is 0 Å². The number of nitrogens with one attached hydrogen (secondary N) is 1. The smallest absolute Gasteiger partial charge is 0.224 e. The Morgan fingerprint density at radius 3 is 2.65 bits per heavy atom. The highest BCUT2D eigenvalue weighted by Gasteiger charge is 2.19. The van der Waals surface area contributed by atoms with Crippen LogP contribution in [0.4, 0.5) is 0 Å². The molecule has 0 saturated heterocycles. The third-order valence-corrected chi connectivity index (χ3v) is 3.40. The molecule has 4 heteroatoms. The van der Waals surface area contributed by atoms with Crippen molar-refractivity contribution in [1.82, 2.24) is 10.2 Å². The first kappa shape index (κ1) is 16.5. The second-order valence-electron chi connectivity index (χ2n) is 5.37. The maximum atomic E-state index is 12.3. The second kappa shape index (κ2) is 7.90. The summed E-state index contributed by atoms with van der Waals surface area (Å²) in [4.78, 5) is 14.3. The Kier molecular flexibility index (Phi) is 6.52. The molecule has 112 valence electrons. The first-order valence-corrected chi connectivity index (χ1v) is 7.07. The molecule has 0 spiro atoms. The highest BCUT2D eigenvalue weighted by Crippen LogP contribution is 2.19. The normalized spacial score (nSPS) is 13.9. The zero-order valence-electron chi connectivity index (χ0n) is 13.1. The monoisotopic (exact) mass is 278 g/mol. The van der Waals surface area contributed by atoms with Gasteiger partial charge in [0.1, 0.15) is 5.75 Å². The quantitative estimate of drug-likeness (QED) is 0.833. The van der Waals surface area contributed by atoms with Crippen LogP contribution in [0.3, 0.4) is 0 Å². The van der Waals surface area contributed by atoms with E-state index in [1.54, 1.807) is 7.11 Å². The molecule has 0 aliphatic rings. The van der Waals surface area contributed by atoms with Crippen molar-refractivity contribution in [3.05, 3.63) is 29.8 Å². The predicted molar refractivity (Wildman–Crippen MR) is 81.9 cm³/mol. The average molecular weight is 278 g/mol. The molecule has 0 heterocycles. The van der Waals surface area contributed by atoms with Gasteiger partial charge in [-0.05, 0) is 45.1 Å². The van der Waals surface area contributed by atoms with Gasteiger partial charge in [-0.1, -0.05) is 19.1 Å². The number of amides is 1. The average Bonchev–Trinajstić information content (AvgIpc) is 2.44. The molecule has 0 aromatic heterocycles. The predicted octanol–water partition coefficient (Wildman–Crippen LogP) is 2.46. The van der Waals surface area contributed by atoms with E-state index in [2.05, 4.69) is 5.32 Å². The largest absolute Gasteiger partial charge is 0.497 e. The van der Waals surface area contributed by atoms with Gasteiger partial charge in [0.25, 0.3) is 0 Å². The van der Waals surface area contributed by atoms with Crippen LogP contribution in [0.5, 0.6) is 5.75 Å². The number of carbonyl (C=O) groups excluding carboxylic acids is 1. The van der Waals surface area contributed by atoms with E-state index in [1.807, 2.05) is 57.1 Å². The number of methoxy groups -OCH3 is 1. The van der Waals surface area contributed by atoms with Gasteiger partial charge in [-0.2, -0.15) is 0 Å². The van der Waals surface area contributed by atoms with Crippen molar-refractivity contribution < 1.29 is 9.53 Å². The minimum Gasteiger partial charge on any atom is -0.497 e. The van der Waals surface area contributed by atoms with E-state index in [-0.39, 0.29) is 17.9 Å². The summed E-state index contributed by atoms with van der Waals surface area (Å²) < 4.78 is 5.21. The minimum absolute atomic E-state index is 0.0196. The molecule has 0 aliphatic carbocycles. The van der Waals surface area contributed by atoms with Gasteiger partial charge in [0.2, 0.25) is 5.91 Å². The number of hydrogen-bond donors (Lipinski definition) is 1. The van der Waals surface area contributed by atoms with E-state index in [0.29, 0.717) is 0 Å². The first-order valence-electron chi connectivity index (χ1n) is 7.07. The highest BCUT2D eigenvalue weighted by molar-refractivity contribution is 5.79. The Bertz CT molecular complexity index is 432. The summed E-state index contributed by atoms with van der Waals surface area (Å²) in [5.74, 6) is 0.943. The van der Waals surface area contributed by atoms with Crippen LogP contribution in [0.1, 0.15) is 31.9 Å². The number of nitrogens with zero attached hydrogens (tertiary/aromatic N) is 1. The summed E-state index contributed by atoms with van der Waals surface area (Å²) in [6.07, 6.45) is 0.842. The third kappa shape index (κ3) is 4.85. The lowest BCUT2D eigenvalue weighted by atomic mass is 10.0. The zero-order valence-corrected chi connectivity index (χ0v) is 13.1. The van der Waals surface area contributed by atoms with Gasteiger partial charge in [-0.15, -0.1) is 0 Å². The molecular weight excluding hydrogens is 252 g/mol. The lowest BCUT2D eigenvalue weighted by Gasteiger charge is -2.22. The molecule has 4 nitrogen and oxygen atoms in total. The molecule has 0 saturated carbocycles. The van der Waals surface area contributed by atoms with Gasteiger partial charge in [0, 0.05) is 6.54 Å². The van der Waals surface area contributed by atoms with E-state index < -0.39 is 0 Å². The number of benzene rings is 1. The summed E-state index contributed by atoms with van der Waals surface area (Å²) in [6.45, 7) is 4.81. The van der Waals surface area contributed by atoms with Crippen LogP contribution in [-0.2, 0) is 4.79 Å². The van der Waals surface area contributed by atoms with Crippen molar-refractivity contribution in [2.75, 3.05) is 27.7 Å². The summed E-state index contributed by atoms with van der Waals surface area (Å²) in [7, 11) is 5.62. The van der Waals surface area contributed by atoms with Gasteiger partial charge < -0.3 is 15.0 Å². The second-order valence-corrected chi connectivity index (χ2v) is 5.37. The van der Waals surface area contributed by atoms with Crippen LogP contribution in [0.2, 0.25) is 0 Å². The van der Waals surface area contributed by atoms with Crippen molar-refractivity contribution >= 4 is 5.91 Å². The van der Waals surface area contributed by atoms with E-state index in [1.165, 1.54) is 0 Å². The van der Waals surface area contributed by atoms with Gasteiger partial charge in [0.15, 0.2) is 0 Å². The fourth-order valence-electron chi connectivity index (χ4n) is 2.16. The molecule has 0 aliphatic heterocycles. The standard InChI is InChI=1S/C16H26N2O2/c1-6-13(11-18(3)4)16(19)17-12(2)14-8-7-9-15(10-14)20-5/h7-10,12-13H,6,11H2,1-5H3,(H,17,19). The molecule has 1 aromatic carbocycles. The van der Waals surface area contributed by atoms with E-state index in [9.17, 15) is 4.79 Å². The fourth-order valence-corrected chi connectivity index (χ4v) is 2.16. The highest BCUT2D eigenvalue weighted by atomic mass is 16.5. The topological polar surface area (TPSA) is 41.6 Å². The van der Waals surface area contributed by atoms with Gasteiger partial charge in [-0.25, -0.2) is 0 Å². The number of hydrogen-bond acceptors (Lipinski definition) is 3. The molecule has 0 fully saturated rings. The molecule has 1 N–H and O–H groups in total. The third-order valence-electron chi connectivity index (χ3n) is 3.40. The van der Waals surface area contributed by atoms with Crippen molar-refractivity contribution in [3.8, 4) is 5.75 Å². The van der Waals surface area contributed by atoms with Crippen molar-refractivity contribution in [2.24, 2.45) is 5.92 Å². The lowest BCUT2D eigenvalue weighted by Crippen LogP contribution is -2.37. The summed E-state index contributed by atoms with van der Waals surface area (Å²) in [5.41, 5.74) is 1.05. The molecule has 2 unspecified atom stereocenters. The first-order chi connectivity index (χ1) is 9.47. The van der Waals surface area contributed by atoms with Crippen molar-refractivity contribution in [2.45, 2.75) is 26.3 Å². The SMILES string of the molecule is CCC(CN(C)C)C(=O)NC(C)c1cccc(OC)c1. The van der Waals surface area contributed by atoms with Crippen molar-refractivity contribution in [1.29, 1.82) is 0 Å². The zero-order chi connectivity index (χ0) is 15.1. The maximum Gasteiger partial charge on any atom is 0.224 e. The lowest BCUT2D eigenvalue weighted by molar-refractivity contribution is -0.126. The Morgan fingerprint density at radius 2 is 2.10 bits per heavy atom. The molecule has 20 heavy (non-hydrogen) atoms. The fraction of sp³-hybridized carbons (Fsp3) is 0.562. The Labute approximate surface area is 122 Å². The Hall–Kier alpha value is -1.55. The minimum atomic E-state index is -0.0196. The van der Waals surface area contributed by atoms with Crippen LogP contribution in [0, 0.1) is 5.92 Å². The van der Waals surface area contributed by atoms with Crippen LogP contribution in [-0.4, -0.2) is 38.6 Å². The number of carbonyl (C=O) groups is 1. The molecule has 1 rings (SSSR count). The van der Waals surface area contributed by atoms with E-state index >= 15 is 0 Å². The van der Waals surface area contributed by atoms with Gasteiger partial charge in [-0.3, -0.25) is 4.79 Å². The molecule has 0 bridgehead atoms. The van der Waals surface area contributed by atoms with Crippen LogP contribution in [0.25, 0.3) is 0 Å². The van der Waals surface area contributed by atoms with Gasteiger partial charge in [0.05, 0.1) is 19.1 Å². The van der Waals surface area contributed by atoms with Crippen LogP contribution in [0.15, 0.2) is 24.3 Å². The summed E-state index contributed by atoms with van der Waals surface area (Å²) in [6, 6.07) is 7.78.